The van der Waals surface area contributed by atoms with E-state index in [0.717, 1.165) is 55.7 Å². The van der Waals surface area contributed by atoms with Gasteiger partial charge in [0.2, 0.25) is 0 Å². The van der Waals surface area contributed by atoms with Crippen molar-refractivity contribution in [3.63, 3.8) is 0 Å². The van der Waals surface area contributed by atoms with E-state index < -0.39 is 0 Å². The van der Waals surface area contributed by atoms with Gasteiger partial charge in [-0.3, -0.25) is 0 Å². The molecule has 0 atom stereocenters. The van der Waals surface area contributed by atoms with Gasteiger partial charge in [-0.2, -0.15) is 0 Å². The first kappa shape index (κ1) is 31.2. The summed E-state index contributed by atoms with van der Waals surface area (Å²) in [4.78, 5) is 2.39. The summed E-state index contributed by atoms with van der Waals surface area (Å²) in [6, 6.07) is 70.2. The molecule has 9 aromatic carbocycles. The molecule has 0 spiro atoms. The molecule has 0 amide bonds. The highest BCUT2D eigenvalue weighted by Crippen LogP contribution is 2.48. The number of para-hydroxylation sites is 3. The maximum Gasteiger partial charge on any atom is 0.138 e. The molecule has 0 unspecified atom stereocenters. The molecule has 12 rings (SSSR count). The highest BCUT2D eigenvalue weighted by molar-refractivity contribution is 7.25. The van der Waals surface area contributed by atoms with Gasteiger partial charge in [0.25, 0.3) is 0 Å². The molecule has 0 saturated carbocycles. The van der Waals surface area contributed by atoms with Crippen molar-refractivity contribution in [2.24, 2.45) is 0 Å². The van der Waals surface area contributed by atoms with Crippen LogP contribution in [0.25, 0.3) is 91.5 Å². The van der Waals surface area contributed by atoms with E-state index in [1.807, 2.05) is 11.3 Å². The smallest absolute Gasteiger partial charge is 0.138 e. The number of hydrogen-bond acceptors (Lipinski definition) is 3. The fourth-order valence-corrected chi connectivity index (χ4v) is 10.0. The number of hydrogen-bond donors (Lipinski definition) is 0. The molecule has 0 bridgehead atoms. The Hall–Kier alpha value is -7.14. The molecule has 56 heavy (non-hydrogen) atoms. The normalized spacial score (nSPS) is 11.9. The predicted molar refractivity (Wildman–Crippen MR) is 239 cm³/mol. The van der Waals surface area contributed by atoms with E-state index in [1.165, 1.54) is 52.8 Å². The van der Waals surface area contributed by atoms with Gasteiger partial charge in [-0.05, 0) is 83.1 Å². The average Bonchev–Trinajstić information content (AvgIpc) is 3.92. The van der Waals surface area contributed by atoms with Gasteiger partial charge in [0.15, 0.2) is 0 Å². The number of benzene rings is 9. The van der Waals surface area contributed by atoms with Crippen LogP contribution in [0.3, 0.4) is 0 Å². The van der Waals surface area contributed by atoms with E-state index in [2.05, 4.69) is 204 Å². The van der Waals surface area contributed by atoms with E-state index in [0.29, 0.717) is 0 Å². The van der Waals surface area contributed by atoms with Crippen molar-refractivity contribution in [3.05, 3.63) is 194 Å². The minimum Gasteiger partial charge on any atom is -0.456 e. The Morgan fingerprint density at radius 1 is 0.411 bits per heavy atom. The largest absolute Gasteiger partial charge is 0.456 e. The van der Waals surface area contributed by atoms with Gasteiger partial charge in [-0.15, -0.1) is 11.3 Å². The van der Waals surface area contributed by atoms with Crippen LogP contribution in [0.4, 0.5) is 17.1 Å². The van der Waals surface area contributed by atoms with Crippen molar-refractivity contribution in [1.29, 1.82) is 0 Å². The van der Waals surface area contributed by atoms with Gasteiger partial charge in [0.05, 0.1) is 11.0 Å². The molecule has 4 heteroatoms. The van der Waals surface area contributed by atoms with Crippen LogP contribution >= 0.6 is 11.3 Å². The van der Waals surface area contributed by atoms with Crippen LogP contribution in [0, 0.1) is 0 Å². The minimum atomic E-state index is 0.879. The first-order chi connectivity index (χ1) is 27.8. The van der Waals surface area contributed by atoms with Crippen LogP contribution in [0.1, 0.15) is 0 Å². The van der Waals surface area contributed by atoms with Crippen molar-refractivity contribution < 1.29 is 4.42 Å². The SMILES string of the molecule is c1ccc(N(c2ccc3c(c2)sc2ccccc23)c2ccc3c4c(-c5ccc6ccccc6c5)c5c(cc4n(-c4ccccc4)c3c2)oc2ccccc25)cc1. The molecular formula is C52H32N2OS. The molecule has 3 aromatic heterocycles. The summed E-state index contributed by atoms with van der Waals surface area (Å²) < 4.78 is 11.7. The third-order valence-electron chi connectivity index (χ3n) is 11.3. The van der Waals surface area contributed by atoms with Crippen LogP contribution < -0.4 is 4.90 Å². The summed E-state index contributed by atoms with van der Waals surface area (Å²) in [5.41, 5.74) is 10.8. The molecule has 0 aliphatic carbocycles. The van der Waals surface area contributed by atoms with Crippen molar-refractivity contribution in [2.75, 3.05) is 4.90 Å². The second-order valence-corrected chi connectivity index (χ2v) is 15.6. The highest BCUT2D eigenvalue weighted by atomic mass is 32.1. The lowest BCUT2D eigenvalue weighted by Crippen LogP contribution is -2.09. The Morgan fingerprint density at radius 3 is 1.95 bits per heavy atom. The zero-order chi connectivity index (χ0) is 36.7. The van der Waals surface area contributed by atoms with E-state index in [-0.39, 0.29) is 0 Å². The molecule has 0 aliphatic rings. The lowest BCUT2D eigenvalue weighted by atomic mass is 9.93. The Kier molecular flexibility index (Phi) is 6.80. The first-order valence-corrected chi connectivity index (χ1v) is 19.8. The molecule has 0 aliphatic heterocycles. The fourth-order valence-electron chi connectivity index (χ4n) is 8.87. The maximum absolute atomic E-state index is 6.71. The first-order valence-electron chi connectivity index (χ1n) is 19.0. The van der Waals surface area contributed by atoms with Crippen molar-refractivity contribution in [3.8, 4) is 16.8 Å². The monoisotopic (exact) mass is 732 g/mol. The summed E-state index contributed by atoms with van der Waals surface area (Å²) in [6.07, 6.45) is 0. The van der Waals surface area contributed by atoms with Gasteiger partial charge in [-0.25, -0.2) is 0 Å². The molecule has 3 nitrogen and oxygen atoms in total. The van der Waals surface area contributed by atoms with Gasteiger partial charge >= 0.3 is 0 Å². The minimum absolute atomic E-state index is 0.879. The van der Waals surface area contributed by atoms with Crippen LogP contribution in [0.2, 0.25) is 0 Å². The van der Waals surface area contributed by atoms with Crippen molar-refractivity contribution >= 4 is 103 Å². The highest BCUT2D eigenvalue weighted by Gasteiger charge is 2.24. The molecule has 0 saturated heterocycles. The lowest BCUT2D eigenvalue weighted by molar-refractivity contribution is 0.669. The number of nitrogens with zero attached hydrogens (tertiary/aromatic N) is 2. The standard InChI is InChI=1S/C52H32N2OS/c1-3-15-36(16-4-1)53(39-25-27-41-40-19-10-12-22-48(40)56-49(41)31-39)38-26-28-42-44(30-38)54(37-17-5-2-6-18-37)45-32-47-52(43-20-9-11-21-46(43)55-47)50(51(42)45)35-24-23-33-13-7-8-14-34(33)29-35/h1-32H. The van der Waals surface area contributed by atoms with Crippen LogP contribution in [0.15, 0.2) is 199 Å². The Morgan fingerprint density at radius 2 is 1.09 bits per heavy atom. The molecule has 262 valence electrons. The number of rotatable bonds is 5. The Labute approximate surface area is 326 Å². The molecule has 12 aromatic rings. The second-order valence-electron chi connectivity index (χ2n) is 14.5. The zero-order valence-electron chi connectivity index (χ0n) is 30.2. The molecule has 0 fully saturated rings. The van der Waals surface area contributed by atoms with Crippen molar-refractivity contribution in [1.82, 2.24) is 4.57 Å². The fraction of sp³-hybridized carbons (Fsp3) is 0. The topological polar surface area (TPSA) is 21.3 Å². The Bertz CT molecular complexity index is 3480. The van der Waals surface area contributed by atoms with E-state index in [9.17, 15) is 0 Å². The summed E-state index contributed by atoms with van der Waals surface area (Å²) in [5.74, 6) is 0. The van der Waals surface area contributed by atoms with E-state index >= 15 is 0 Å². The lowest BCUT2D eigenvalue weighted by Gasteiger charge is -2.26. The Balaban J connectivity index is 1.18. The quantitative estimate of drug-likeness (QED) is 0.176. The molecular weight excluding hydrogens is 701 g/mol. The summed E-state index contributed by atoms with van der Waals surface area (Å²) in [5, 5.41) is 9.70. The number of furan rings is 1. The number of fused-ring (bicyclic) bond motifs is 10. The van der Waals surface area contributed by atoms with Crippen LogP contribution in [0.5, 0.6) is 0 Å². The average molecular weight is 733 g/mol. The molecule has 3 heterocycles. The molecule has 0 radical (unpaired) electrons. The zero-order valence-corrected chi connectivity index (χ0v) is 31.0. The van der Waals surface area contributed by atoms with E-state index in [1.54, 1.807) is 0 Å². The van der Waals surface area contributed by atoms with E-state index in [4.69, 9.17) is 4.42 Å². The van der Waals surface area contributed by atoms with Crippen LogP contribution in [-0.2, 0) is 0 Å². The third-order valence-corrected chi connectivity index (χ3v) is 12.5. The van der Waals surface area contributed by atoms with Crippen molar-refractivity contribution in [2.45, 2.75) is 0 Å². The number of thiophene rings is 1. The van der Waals surface area contributed by atoms with Gasteiger partial charge in [0.1, 0.15) is 11.2 Å². The third kappa shape index (κ3) is 4.70. The van der Waals surface area contributed by atoms with Gasteiger partial charge < -0.3 is 13.9 Å². The van der Waals surface area contributed by atoms with Gasteiger partial charge in [-0.1, -0.05) is 121 Å². The summed E-state index contributed by atoms with van der Waals surface area (Å²) in [7, 11) is 0. The second kappa shape index (κ2) is 12.2. The van der Waals surface area contributed by atoms with Crippen LogP contribution in [-0.4, -0.2) is 4.57 Å². The number of aromatic nitrogens is 1. The summed E-state index contributed by atoms with van der Waals surface area (Å²) >= 11 is 1.85. The maximum atomic E-state index is 6.71. The van der Waals surface area contributed by atoms with Gasteiger partial charge in [0, 0.05) is 76.1 Å². The summed E-state index contributed by atoms with van der Waals surface area (Å²) in [6.45, 7) is 0. The molecule has 0 N–H and O–H groups in total. The number of anilines is 3. The predicted octanol–water partition coefficient (Wildman–Crippen LogP) is 15.3.